The van der Waals surface area contributed by atoms with Crippen molar-refractivity contribution in [3.8, 4) is 0 Å². The summed E-state index contributed by atoms with van der Waals surface area (Å²) in [5, 5.41) is 0. The SMILES string of the molecule is CC(N1CCOCC1)C(C)(C)C1CCOCC1. The Balaban J connectivity index is 1.96. The number of nitrogens with zero attached hydrogens (tertiary/aromatic N) is 1. The molecule has 0 aromatic carbocycles. The molecule has 0 amide bonds. The highest BCUT2D eigenvalue weighted by Gasteiger charge is 2.38. The van der Waals surface area contributed by atoms with Gasteiger partial charge in [-0.05, 0) is 31.1 Å². The van der Waals surface area contributed by atoms with E-state index in [1.165, 1.54) is 12.8 Å². The Bertz CT molecular complexity index is 230. The molecule has 2 heterocycles. The molecule has 0 bridgehead atoms. The fraction of sp³-hybridized carbons (Fsp3) is 1.00. The molecule has 0 aliphatic carbocycles. The molecule has 2 fully saturated rings. The van der Waals surface area contributed by atoms with E-state index < -0.39 is 0 Å². The molecule has 0 aromatic heterocycles. The summed E-state index contributed by atoms with van der Waals surface area (Å²) in [5.74, 6) is 0.800. The van der Waals surface area contributed by atoms with Crippen molar-refractivity contribution in [3.05, 3.63) is 0 Å². The molecule has 0 radical (unpaired) electrons. The third kappa shape index (κ3) is 3.01. The lowest BCUT2D eigenvalue weighted by Crippen LogP contribution is -2.51. The minimum atomic E-state index is 0.376. The molecule has 3 heteroatoms. The summed E-state index contributed by atoms with van der Waals surface area (Å²) in [5.41, 5.74) is 0.376. The van der Waals surface area contributed by atoms with Crippen LogP contribution in [-0.4, -0.2) is 50.5 Å². The van der Waals surface area contributed by atoms with E-state index in [9.17, 15) is 0 Å². The molecule has 0 saturated carbocycles. The summed E-state index contributed by atoms with van der Waals surface area (Å²) in [7, 11) is 0. The number of rotatable bonds is 3. The molecule has 100 valence electrons. The molecule has 17 heavy (non-hydrogen) atoms. The second-order valence-corrected chi connectivity index (χ2v) is 6.03. The molecule has 2 saturated heterocycles. The van der Waals surface area contributed by atoms with Gasteiger partial charge in [0.2, 0.25) is 0 Å². The molecule has 2 rings (SSSR count). The monoisotopic (exact) mass is 241 g/mol. The second-order valence-electron chi connectivity index (χ2n) is 6.03. The van der Waals surface area contributed by atoms with Gasteiger partial charge in [-0.15, -0.1) is 0 Å². The van der Waals surface area contributed by atoms with Gasteiger partial charge in [0.15, 0.2) is 0 Å². The standard InChI is InChI=1S/C14H27NO2/c1-12(15-6-10-17-11-7-15)14(2,3)13-4-8-16-9-5-13/h12-13H,4-11H2,1-3H3. The first kappa shape index (κ1) is 13.3. The Labute approximate surface area is 105 Å². The van der Waals surface area contributed by atoms with Crippen LogP contribution in [0, 0.1) is 11.3 Å². The van der Waals surface area contributed by atoms with Crippen molar-refractivity contribution in [3.63, 3.8) is 0 Å². The summed E-state index contributed by atoms with van der Waals surface area (Å²) in [6.45, 7) is 13.1. The normalized spacial score (nSPS) is 27.0. The maximum absolute atomic E-state index is 5.49. The quantitative estimate of drug-likeness (QED) is 0.756. The highest BCUT2D eigenvalue weighted by Crippen LogP contribution is 2.39. The lowest BCUT2D eigenvalue weighted by Gasteiger charge is -2.47. The van der Waals surface area contributed by atoms with Crippen LogP contribution in [0.25, 0.3) is 0 Å². The van der Waals surface area contributed by atoms with Crippen molar-refractivity contribution in [2.24, 2.45) is 11.3 Å². The van der Waals surface area contributed by atoms with E-state index in [2.05, 4.69) is 25.7 Å². The Morgan fingerprint density at radius 3 is 2.12 bits per heavy atom. The first-order chi connectivity index (χ1) is 8.12. The minimum Gasteiger partial charge on any atom is -0.381 e. The van der Waals surface area contributed by atoms with Crippen LogP contribution < -0.4 is 0 Å². The minimum absolute atomic E-state index is 0.376. The summed E-state index contributed by atoms with van der Waals surface area (Å²) < 4.78 is 10.9. The molecule has 2 aliphatic rings. The van der Waals surface area contributed by atoms with Crippen molar-refractivity contribution in [2.45, 2.75) is 39.7 Å². The predicted molar refractivity (Wildman–Crippen MR) is 69.2 cm³/mol. The second kappa shape index (κ2) is 5.68. The zero-order valence-corrected chi connectivity index (χ0v) is 11.6. The highest BCUT2D eigenvalue weighted by molar-refractivity contribution is 4.90. The topological polar surface area (TPSA) is 21.7 Å². The van der Waals surface area contributed by atoms with Gasteiger partial charge in [0.1, 0.15) is 0 Å². The van der Waals surface area contributed by atoms with E-state index in [4.69, 9.17) is 9.47 Å². The molecular formula is C14H27NO2. The number of hydrogen-bond donors (Lipinski definition) is 0. The van der Waals surface area contributed by atoms with Crippen molar-refractivity contribution in [2.75, 3.05) is 39.5 Å². The first-order valence-corrected chi connectivity index (χ1v) is 7.02. The van der Waals surface area contributed by atoms with Crippen LogP contribution in [0.5, 0.6) is 0 Å². The molecular weight excluding hydrogens is 214 g/mol. The van der Waals surface area contributed by atoms with Crippen LogP contribution in [0.3, 0.4) is 0 Å². The van der Waals surface area contributed by atoms with Crippen LogP contribution in [0.1, 0.15) is 33.6 Å². The predicted octanol–water partition coefficient (Wildman–Crippen LogP) is 2.16. The van der Waals surface area contributed by atoms with Gasteiger partial charge in [0, 0.05) is 32.3 Å². The van der Waals surface area contributed by atoms with Gasteiger partial charge in [-0.1, -0.05) is 13.8 Å². The van der Waals surface area contributed by atoms with E-state index in [0.717, 1.165) is 45.4 Å². The smallest absolute Gasteiger partial charge is 0.0594 e. The summed E-state index contributed by atoms with van der Waals surface area (Å²) in [6, 6.07) is 0.634. The molecule has 2 aliphatic heterocycles. The van der Waals surface area contributed by atoms with Crippen LogP contribution in [0.2, 0.25) is 0 Å². The zero-order valence-electron chi connectivity index (χ0n) is 11.6. The molecule has 1 unspecified atom stereocenters. The maximum atomic E-state index is 5.49. The average molecular weight is 241 g/mol. The Hall–Kier alpha value is -0.120. The third-order valence-electron chi connectivity index (χ3n) is 4.94. The van der Waals surface area contributed by atoms with Crippen LogP contribution in [-0.2, 0) is 9.47 Å². The molecule has 0 aromatic rings. The molecule has 3 nitrogen and oxygen atoms in total. The van der Waals surface area contributed by atoms with Gasteiger partial charge in [-0.3, -0.25) is 4.90 Å². The fourth-order valence-corrected chi connectivity index (χ4v) is 3.22. The number of hydrogen-bond acceptors (Lipinski definition) is 3. The first-order valence-electron chi connectivity index (χ1n) is 7.02. The highest BCUT2D eigenvalue weighted by atomic mass is 16.5. The van der Waals surface area contributed by atoms with E-state index in [1.807, 2.05) is 0 Å². The zero-order chi connectivity index (χ0) is 12.3. The van der Waals surface area contributed by atoms with Crippen molar-refractivity contribution < 1.29 is 9.47 Å². The van der Waals surface area contributed by atoms with E-state index >= 15 is 0 Å². The van der Waals surface area contributed by atoms with Gasteiger partial charge in [-0.25, -0.2) is 0 Å². The Morgan fingerprint density at radius 1 is 1.00 bits per heavy atom. The van der Waals surface area contributed by atoms with Crippen LogP contribution in [0.4, 0.5) is 0 Å². The lowest BCUT2D eigenvalue weighted by molar-refractivity contribution is -0.0475. The van der Waals surface area contributed by atoms with E-state index in [1.54, 1.807) is 0 Å². The average Bonchev–Trinajstić information content (AvgIpc) is 2.40. The Kier molecular flexibility index (Phi) is 4.45. The number of ether oxygens (including phenoxy) is 2. The van der Waals surface area contributed by atoms with E-state index in [-0.39, 0.29) is 0 Å². The third-order valence-corrected chi connectivity index (χ3v) is 4.94. The van der Waals surface area contributed by atoms with Crippen LogP contribution in [0.15, 0.2) is 0 Å². The van der Waals surface area contributed by atoms with Gasteiger partial charge >= 0.3 is 0 Å². The van der Waals surface area contributed by atoms with Gasteiger partial charge in [0.05, 0.1) is 13.2 Å². The summed E-state index contributed by atoms with van der Waals surface area (Å²) in [4.78, 5) is 2.60. The lowest BCUT2D eigenvalue weighted by atomic mass is 9.69. The largest absolute Gasteiger partial charge is 0.381 e. The van der Waals surface area contributed by atoms with E-state index in [0.29, 0.717) is 11.5 Å². The van der Waals surface area contributed by atoms with Gasteiger partial charge in [-0.2, -0.15) is 0 Å². The summed E-state index contributed by atoms with van der Waals surface area (Å²) >= 11 is 0. The summed E-state index contributed by atoms with van der Waals surface area (Å²) in [6.07, 6.45) is 2.45. The fourth-order valence-electron chi connectivity index (χ4n) is 3.22. The van der Waals surface area contributed by atoms with Crippen molar-refractivity contribution in [1.82, 2.24) is 4.90 Å². The van der Waals surface area contributed by atoms with Crippen molar-refractivity contribution >= 4 is 0 Å². The number of morpholine rings is 1. The molecule has 0 spiro atoms. The van der Waals surface area contributed by atoms with Gasteiger partial charge < -0.3 is 9.47 Å². The van der Waals surface area contributed by atoms with Crippen molar-refractivity contribution in [1.29, 1.82) is 0 Å². The van der Waals surface area contributed by atoms with Crippen LogP contribution >= 0.6 is 0 Å². The maximum Gasteiger partial charge on any atom is 0.0594 e. The molecule has 1 atom stereocenters. The van der Waals surface area contributed by atoms with Gasteiger partial charge in [0.25, 0.3) is 0 Å². The molecule has 0 N–H and O–H groups in total. The Morgan fingerprint density at radius 2 is 1.53 bits per heavy atom.